The Morgan fingerprint density at radius 3 is 2.29 bits per heavy atom. The fraction of sp³-hybridized carbons (Fsp3) is 0.625. The first-order valence-corrected chi connectivity index (χ1v) is 12.4. The van der Waals surface area contributed by atoms with Crippen LogP contribution in [0.3, 0.4) is 0 Å². The van der Waals surface area contributed by atoms with Crippen LogP contribution >= 0.6 is 0 Å². The first-order chi connectivity index (χ1) is 14.3. The van der Waals surface area contributed by atoms with Crippen molar-refractivity contribution in [1.82, 2.24) is 9.55 Å². The number of esters is 2. The lowest BCUT2D eigenvalue weighted by Gasteiger charge is -2.18. The Bertz CT molecular complexity index is 1180. The van der Waals surface area contributed by atoms with Gasteiger partial charge in [0.25, 0.3) is 5.56 Å². The van der Waals surface area contributed by atoms with Crippen molar-refractivity contribution in [2.75, 3.05) is 31.5 Å². The van der Waals surface area contributed by atoms with Gasteiger partial charge in [0.15, 0.2) is 19.7 Å². The van der Waals surface area contributed by atoms with Crippen molar-refractivity contribution in [3.63, 3.8) is 0 Å². The molecule has 0 spiro atoms. The molecule has 13 nitrogen and oxygen atoms in total. The van der Waals surface area contributed by atoms with E-state index >= 15 is 0 Å². The van der Waals surface area contributed by atoms with Crippen LogP contribution in [-0.4, -0.2) is 81.2 Å². The van der Waals surface area contributed by atoms with Crippen LogP contribution in [0, 0.1) is 6.92 Å². The average Bonchev–Trinajstić information content (AvgIpc) is 3.07. The van der Waals surface area contributed by atoms with Crippen LogP contribution in [0.15, 0.2) is 15.8 Å². The van der Waals surface area contributed by atoms with Crippen molar-refractivity contribution in [2.45, 2.75) is 30.9 Å². The van der Waals surface area contributed by atoms with E-state index in [4.69, 9.17) is 4.74 Å². The number of hydrogen-bond donors (Lipinski definition) is 1. The number of aromatic amines is 1. The first kappa shape index (κ1) is 24.7. The minimum atomic E-state index is -4.27. The van der Waals surface area contributed by atoms with Gasteiger partial charge in [-0.2, -0.15) is 0 Å². The van der Waals surface area contributed by atoms with Gasteiger partial charge in [-0.05, 0) is 6.92 Å². The highest BCUT2D eigenvalue weighted by Crippen LogP contribution is 2.33. The number of hydrogen-bond acceptors (Lipinski definition) is 11. The van der Waals surface area contributed by atoms with Gasteiger partial charge in [0.1, 0.15) is 17.7 Å². The van der Waals surface area contributed by atoms with E-state index in [1.165, 1.54) is 6.92 Å². The highest BCUT2D eigenvalue weighted by atomic mass is 32.2. The van der Waals surface area contributed by atoms with Gasteiger partial charge < -0.3 is 14.2 Å². The summed E-state index contributed by atoms with van der Waals surface area (Å²) in [6.07, 6.45) is -1.95. The quantitative estimate of drug-likeness (QED) is 0.392. The third kappa shape index (κ3) is 6.01. The number of aryl methyl sites for hydroxylation is 1. The Labute approximate surface area is 177 Å². The molecule has 0 aliphatic carbocycles. The first-order valence-electron chi connectivity index (χ1n) is 8.82. The second-order valence-electron chi connectivity index (χ2n) is 6.90. The summed E-state index contributed by atoms with van der Waals surface area (Å²) in [5, 5.41) is -1.50. The van der Waals surface area contributed by atoms with E-state index in [0.29, 0.717) is 0 Å². The Morgan fingerprint density at radius 1 is 1.13 bits per heavy atom. The lowest BCUT2D eigenvalue weighted by Crippen LogP contribution is -2.39. The smallest absolute Gasteiger partial charge is 0.330 e. The van der Waals surface area contributed by atoms with Gasteiger partial charge >= 0.3 is 17.6 Å². The summed E-state index contributed by atoms with van der Waals surface area (Å²) >= 11 is 0. The van der Waals surface area contributed by atoms with E-state index in [9.17, 15) is 36.0 Å². The third-order valence-corrected chi connectivity index (χ3v) is 8.20. The molecule has 0 radical (unpaired) electrons. The van der Waals surface area contributed by atoms with E-state index in [-0.39, 0.29) is 12.0 Å². The minimum Gasteiger partial charge on any atom is -0.468 e. The van der Waals surface area contributed by atoms with Crippen molar-refractivity contribution in [3.8, 4) is 0 Å². The maximum Gasteiger partial charge on any atom is 0.330 e. The fourth-order valence-electron chi connectivity index (χ4n) is 3.08. The molecule has 1 N–H and O–H groups in total. The van der Waals surface area contributed by atoms with Gasteiger partial charge in [-0.15, -0.1) is 0 Å². The highest BCUT2D eigenvalue weighted by Gasteiger charge is 2.47. The molecular weight excluding hydrogens is 460 g/mol. The van der Waals surface area contributed by atoms with E-state index < -0.39 is 77.7 Å². The molecule has 2 heterocycles. The van der Waals surface area contributed by atoms with Crippen LogP contribution in [0.1, 0.15) is 18.2 Å². The Kier molecular flexibility index (Phi) is 7.44. The van der Waals surface area contributed by atoms with Crippen LogP contribution < -0.4 is 11.2 Å². The molecule has 1 aliphatic heterocycles. The predicted octanol–water partition coefficient (Wildman–Crippen LogP) is -2.32. The van der Waals surface area contributed by atoms with E-state index in [1.54, 1.807) is 0 Å². The number of aromatic nitrogens is 2. The van der Waals surface area contributed by atoms with E-state index in [2.05, 4.69) is 9.47 Å². The van der Waals surface area contributed by atoms with Crippen molar-refractivity contribution in [2.24, 2.45) is 0 Å². The zero-order valence-corrected chi connectivity index (χ0v) is 18.5. The molecular formula is C16H22N2O11S2. The molecule has 1 aliphatic rings. The lowest BCUT2D eigenvalue weighted by atomic mass is 10.2. The van der Waals surface area contributed by atoms with Gasteiger partial charge in [0.2, 0.25) is 0 Å². The van der Waals surface area contributed by atoms with Crippen molar-refractivity contribution in [1.29, 1.82) is 0 Å². The minimum absolute atomic E-state index is 0.138. The SMILES string of the molecule is COC(=O)CS(=O)(=O)C[C@H]1O[C@@H](n2cc(C)c(=O)[nH]c2=O)C[C@@H]1S(=O)(=O)CC(=O)OC. The van der Waals surface area contributed by atoms with Crippen LogP contribution in [0.5, 0.6) is 0 Å². The Morgan fingerprint density at radius 2 is 1.71 bits per heavy atom. The highest BCUT2D eigenvalue weighted by molar-refractivity contribution is 7.93. The molecule has 1 aromatic heterocycles. The van der Waals surface area contributed by atoms with E-state index in [1.807, 2.05) is 4.98 Å². The summed E-state index contributed by atoms with van der Waals surface area (Å²) in [6, 6.07) is 0. The summed E-state index contributed by atoms with van der Waals surface area (Å²) < 4.78 is 65.4. The topological polar surface area (TPSA) is 185 Å². The Hall–Kier alpha value is -2.52. The molecule has 3 atom stereocenters. The lowest BCUT2D eigenvalue weighted by molar-refractivity contribution is -0.138. The third-order valence-electron chi connectivity index (χ3n) is 4.63. The molecule has 31 heavy (non-hydrogen) atoms. The number of nitrogens with zero attached hydrogens (tertiary/aromatic N) is 1. The maximum atomic E-state index is 12.7. The molecule has 0 unspecified atom stereocenters. The molecule has 174 valence electrons. The molecule has 1 fully saturated rings. The summed E-state index contributed by atoms with van der Waals surface area (Å²) in [6.45, 7) is 1.41. The number of sulfone groups is 2. The maximum absolute atomic E-state index is 12.7. The van der Waals surface area contributed by atoms with E-state index in [0.717, 1.165) is 25.0 Å². The van der Waals surface area contributed by atoms with Gasteiger partial charge in [0, 0.05) is 18.2 Å². The van der Waals surface area contributed by atoms with Crippen LogP contribution in [0.4, 0.5) is 0 Å². The zero-order chi connectivity index (χ0) is 23.6. The molecule has 2 rings (SSSR count). The largest absolute Gasteiger partial charge is 0.468 e. The molecule has 0 bridgehead atoms. The molecule has 1 aromatic rings. The van der Waals surface area contributed by atoms with Crippen LogP contribution in [0.2, 0.25) is 0 Å². The fourth-order valence-corrected chi connectivity index (χ4v) is 6.35. The van der Waals surface area contributed by atoms with Gasteiger partial charge in [-0.25, -0.2) is 21.6 Å². The summed E-state index contributed by atoms with van der Waals surface area (Å²) in [7, 11) is -6.44. The van der Waals surface area contributed by atoms with Crippen molar-refractivity contribution >= 4 is 31.6 Å². The monoisotopic (exact) mass is 482 g/mol. The second kappa shape index (κ2) is 9.32. The summed E-state index contributed by atoms with van der Waals surface area (Å²) in [4.78, 5) is 48.7. The molecule has 0 saturated carbocycles. The normalized spacial score (nSPS) is 21.6. The van der Waals surface area contributed by atoms with Gasteiger partial charge in [-0.1, -0.05) is 0 Å². The zero-order valence-electron chi connectivity index (χ0n) is 16.9. The molecule has 0 amide bonds. The molecule has 1 saturated heterocycles. The van der Waals surface area contributed by atoms with Crippen LogP contribution in [-0.2, 0) is 43.5 Å². The standard InChI is InChI=1S/C16H22N2O11S2/c1-9-5-18(16(22)17-15(9)21)12-4-11(31(25,26)8-14(20)28-3)10(29-12)6-30(23,24)7-13(19)27-2/h5,10-12H,4,6-8H2,1-3H3,(H,17,21,22)/t10-,11+,12-/m1/s1. The summed E-state index contributed by atoms with van der Waals surface area (Å²) in [5.41, 5.74) is -1.40. The number of carbonyl (C=O) groups is 2. The number of nitrogens with one attached hydrogen (secondary N) is 1. The van der Waals surface area contributed by atoms with Crippen LogP contribution in [0.25, 0.3) is 0 Å². The second-order valence-corrected chi connectivity index (χ2v) is 11.2. The number of H-pyrrole nitrogens is 1. The van der Waals surface area contributed by atoms with Gasteiger partial charge in [0.05, 0.1) is 31.3 Å². The molecule has 15 heteroatoms. The number of rotatable bonds is 8. The average molecular weight is 482 g/mol. The van der Waals surface area contributed by atoms with Gasteiger partial charge in [-0.3, -0.25) is 23.9 Å². The predicted molar refractivity (Wildman–Crippen MR) is 105 cm³/mol. The number of methoxy groups -OCH3 is 2. The van der Waals surface area contributed by atoms with Crippen molar-refractivity contribution in [3.05, 3.63) is 32.6 Å². The van der Waals surface area contributed by atoms with Crippen molar-refractivity contribution < 1.29 is 40.6 Å². The number of ether oxygens (including phenoxy) is 3. The molecule has 0 aromatic carbocycles. The number of carbonyl (C=O) groups excluding carboxylic acids is 2. The Balaban J connectivity index is 2.43. The summed E-state index contributed by atoms with van der Waals surface area (Å²) in [5.74, 6) is -5.01.